The van der Waals surface area contributed by atoms with E-state index in [4.69, 9.17) is 15.7 Å². The van der Waals surface area contributed by atoms with Crippen molar-refractivity contribution in [3.05, 3.63) is 82.1 Å². The van der Waals surface area contributed by atoms with Crippen LogP contribution in [0, 0.1) is 12.7 Å². The van der Waals surface area contributed by atoms with Gasteiger partial charge in [0.2, 0.25) is 0 Å². The van der Waals surface area contributed by atoms with Crippen molar-refractivity contribution in [2.24, 2.45) is 4.99 Å². The Morgan fingerprint density at radius 3 is 2.91 bits per heavy atom. The average molecular weight is 329 g/mol. The van der Waals surface area contributed by atoms with Crippen LogP contribution in [-0.2, 0) is 6.54 Å². The summed E-state index contributed by atoms with van der Waals surface area (Å²) < 4.78 is 39.2. The molecule has 0 amide bonds. The van der Waals surface area contributed by atoms with E-state index in [1.165, 1.54) is 12.3 Å². The second-order valence-electron chi connectivity index (χ2n) is 5.21. The normalized spacial score (nSPS) is 15.6. The van der Waals surface area contributed by atoms with Gasteiger partial charge in [0.05, 0.1) is 29.8 Å². The Kier molecular flexibility index (Phi) is 2.57. The maximum atomic E-state index is 14.4. The number of nitrogens with zero attached hydrogens (tertiary/aromatic N) is 3. The lowest BCUT2D eigenvalue weighted by atomic mass is 10.00. The maximum Gasteiger partial charge on any atom is 0.132 e. The lowest BCUT2D eigenvalue weighted by Gasteiger charge is -2.14. The average Bonchev–Trinajstić information content (AvgIpc) is 2.95. The van der Waals surface area contributed by atoms with Gasteiger partial charge in [0.1, 0.15) is 11.6 Å². The van der Waals surface area contributed by atoms with E-state index in [0.717, 1.165) is 0 Å². The number of benzene rings is 2. The SMILES string of the molecule is [2H]C([2H])([2H])c1ncc2n1-c1ccc(Cl)cc1C(c1ccccc1F)=NC2. The number of aryl methyl sites for hydroxylation is 1. The van der Waals surface area contributed by atoms with Crippen LogP contribution in [0.25, 0.3) is 5.69 Å². The number of fused-ring (bicyclic) bond motifs is 3. The summed E-state index contributed by atoms with van der Waals surface area (Å²) in [6.07, 6.45) is 1.49. The standard InChI is InChI=1S/C18H13ClFN3/c1-11-21-9-13-10-22-18(14-4-2-3-5-16(14)20)15-8-12(19)6-7-17(15)23(11)13/h2-9H,10H2,1H3/i1D3. The van der Waals surface area contributed by atoms with Crippen LogP contribution in [0.1, 0.15) is 26.8 Å². The Morgan fingerprint density at radius 1 is 1.22 bits per heavy atom. The Bertz CT molecular complexity index is 1040. The molecular formula is C18H13ClFN3. The first-order chi connectivity index (χ1) is 12.4. The molecule has 114 valence electrons. The molecule has 23 heavy (non-hydrogen) atoms. The highest BCUT2D eigenvalue weighted by Gasteiger charge is 2.22. The van der Waals surface area contributed by atoms with Crippen LogP contribution in [0.2, 0.25) is 5.02 Å². The fraction of sp³-hybridized carbons (Fsp3) is 0.111. The van der Waals surface area contributed by atoms with Crippen molar-refractivity contribution in [3.63, 3.8) is 0 Å². The van der Waals surface area contributed by atoms with Crippen molar-refractivity contribution in [1.29, 1.82) is 0 Å². The summed E-state index contributed by atoms with van der Waals surface area (Å²) in [5.41, 5.74) is 2.51. The molecule has 0 saturated carbocycles. The lowest BCUT2D eigenvalue weighted by Crippen LogP contribution is -2.09. The Labute approximate surface area is 142 Å². The van der Waals surface area contributed by atoms with Crippen LogP contribution in [0.3, 0.4) is 0 Å². The molecule has 0 fully saturated rings. The van der Waals surface area contributed by atoms with Gasteiger partial charge in [-0.1, -0.05) is 23.7 Å². The third-order valence-corrected chi connectivity index (χ3v) is 4.05. The molecule has 0 atom stereocenters. The molecule has 0 saturated heterocycles. The molecule has 2 aromatic carbocycles. The van der Waals surface area contributed by atoms with Gasteiger partial charge in [-0.3, -0.25) is 9.56 Å². The number of hydrogen-bond donors (Lipinski definition) is 0. The van der Waals surface area contributed by atoms with Crippen LogP contribution in [-0.4, -0.2) is 15.3 Å². The Morgan fingerprint density at radius 2 is 2.09 bits per heavy atom. The molecular weight excluding hydrogens is 313 g/mol. The molecule has 1 aromatic heterocycles. The minimum absolute atomic E-state index is 0.0546. The molecule has 2 heterocycles. The van der Waals surface area contributed by atoms with Crippen LogP contribution < -0.4 is 0 Å². The molecule has 5 heteroatoms. The van der Waals surface area contributed by atoms with Crippen molar-refractivity contribution in [2.45, 2.75) is 13.4 Å². The number of hydrogen-bond acceptors (Lipinski definition) is 2. The van der Waals surface area contributed by atoms with E-state index in [2.05, 4.69) is 9.98 Å². The third kappa shape index (κ3) is 2.26. The van der Waals surface area contributed by atoms with Crippen molar-refractivity contribution in [2.75, 3.05) is 0 Å². The minimum Gasteiger partial charge on any atom is -0.298 e. The number of halogens is 2. The molecule has 0 spiro atoms. The zero-order valence-corrected chi connectivity index (χ0v) is 12.7. The van der Waals surface area contributed by atoms with Crippen LogP contribution in [0.15, 0.2) is 53.7 Å². The monoisotopic (exact) mass is 328 g/mol. The van der Waals surface area contributed by atoms with E-state index in [1.807, 2.05) is 0 Å². The highest BCUT2D eigenvalue weighted by atomic mass is 35.5. The smallest absolute Gasteiger partial charge is 0.132 e. The zero-order chi connectivity index (χ0) is 18.5. The summed E-state index contributed by atoms with van der Waals surface area (Å²) >= 11 is 6.17. The highest BCUT2D eigenvalue weighted by Crippen LogP contribution is 2.29. The third-order valence-electron chi connectivity index (χ3n) is 3.82. The van der Waals surface area contributed by atoms with E-state index in [0.29, 0.717) is 33.2 Å². The van der Waals surface area contributed by atoms with E-state index in [9.17, 15) is 4.39 Å². The molecule has 1 aliphatic heterocycles. The number of imidazole rings is 1. The van der Waals surface area contributed by atoms with Gasteiger partial charge < -0.3 is 0 Å². The van der Waals surface area contributed by atoms with E-state index in [1.54, 1.807) is 41.0 Å². The molecule has 4 rings (SSSR count). The van der Waals surface area contributed by atoms with Crippen LogP contribution in [0.5, 0.6) is 0 Å². The largest absolute Gasteiger partial charge is 0.298 e. The summed E-state index contributed by atoms with van der Waals surface area (Å²) in [7, 11) is 0. The molecule has 1 aliphatic rings. The lowest BCUT2D eigenvalue weighted by molar-refractivity contribution is 0.625. The Balaban J connectivity index is 2.02. The van der Waals surface area contributed by atoms with Crippen molar-refractivity contribution >= 4 is 17.3 Å². The number of rotatable bonds is 1. The van der Waals surface area contributed by atoms with Crippen molar-refractivity contribution < 1.29 is 8.50 Å². The van der Waals surface area contributed by atoms with Gasteiger partial charge in [-0.05, 0) is 37.2 Å². The molecule has 0 aliphatic carbocycles. The Hall–Kier alpha value is -2.46. The van der Waals surface area contributed by atoms with Gasteiger partial charge in [-0.15, -0.1) is 0 Å². The maximum absolute atomic E-state index is 14.4. The molecule has 3 nitrogen and oxygen atoms in total. The molecule has 0 radical (unpaired) electrons. The summed E-state index contributed by atoms with van der Waals surface area (Å²) in [6, 6.07) is 11.4. The first-order valence-electron chi connectivity index (χ1n) is 8.53. The fourth-order valence-electron chi connectivity index (χ4n) is 2.79. The predicted octanol–water partition coefficient (Wildman–Crippen LogP) is 4.32. The predicted molar refractivity (Wildman–Crippen MR) is 89.1 cm³/mol. The summed E-state index contributed by atoms with van der Waals surface area (Å²) in [5.74, 6) is -0.459. The minimum atomic E-state index is -2.39. The summed E-state index contributed by atoms with van der Waals surface area (Å²) in [6.45, 7) is -2.21. The highest BCUT2D eigenvalue weighted by molar-refractivity contribution is 6.31. The second-order valence-corrected chi connectivity index (χ2v) is 5.65. The van der Waals surface area contributed by atoms with Gasteiger partial charge in [-0.25, -0.2) is 9.37 Å². The second kappa shape index (κ2) is 5.32. The first kappa shape index (κ1) is 11.1. The topological polar surface area (TPSA) is 30.2 Å². The van der Waals surface area contributed by atoms with Gasteiger partial charge >= 0.3 is 0 Å². The molecule has 3 aromatic rings. The van der Waals surface area contributed by atoms with Crippen LogP contribution >= 0.6 is 11.6 Å². The van der Waals surface area contributed by atoms with E-state index in [-0.39, 0.29) is 12.4 Å². The van der Waals surface area contributed by atoms with Gasteiger partial charge in [0.25, 0.3) is 0 Å². The quantitative estimate of drug-likeness (QED) is 0.654. The van der Waals surface area contributed by atoms with Gasteiger partial charge in [-0.2, -0.15) is 0 Å². The number of aliphatic imine (C=N–C) groups is 1. The van der Waals surface area contributed by atoms with Gasteiger partial charge in [0, 0.05) is 20.3 Å². The number of aromatic nitrogens is 2. The molecule has 0 unspecified atom stereocenters. The fourth-order valence-corrected chi connectivity index (χ4v) is 2.96. The van der Waals surface area contributed by atoms with E-state index >= 15 is 0 Å². The summed E-state index contributed by atoms with van der Waals surface area (Å²) in [5, 5.41) is 0.451. The van der Waals surface area contributed by atoms with Crippen LogP contribution in [0.4, 0.5) is 4.39 Å². The molecule has 0 bridgehead atoms. The molecule has 0 N–H and O–H groups in total. The van der Waals surface area contributed by atoms with Crippen molar-refractivity contribution in [3.8, 4) is 5.69 Å². The van der Waals surface area contributed by atoms with Gasteiger partial charge in [0.15, 0.2) is 0 Å². The van der Waals surface area contributed by atoms with Crippen molar-refractivity contribution in [1.82, 2.24) is 9.55 Å². The summed E-state index contributed by atoms with van der Waals surface area (Å²) in [4.78, 5) is 8.62. The first-order valence-corrected chi connectivity index (χ1v) is 7.41. The van der Waals surface area contributed by atoms with E-state index < -0.39 is 12.7 Å². The zero-order valence-electron chi connectivity index (χ0n) is 14.9.